The van der Waals surface area contributed by atoms with Crippen LogP contribution in [0.1, 0.15) is 41.0 Å². The Balaban J connectivity index is 1.25. The Morgan fingerprint density at radius 3 is 2.90 bits per heavy atom. The molecule has 160 valence electrons. The average Bonchev–Trinajstić information content (AvgIpc) is 3.35. The van der Waals surface area contributed by atoms with E-state index < -0.39 is 0 Å². The number of fused-ring (bicyclic) bond motifs is 3. The second-order valence-electron chi connectivity index (χ2n) is 8.00. The van der Waals surface area contributed by atoms with Gasteiger partial charge in [0.2, 0.25) is 5.16 Å². The molecule has 2 N–H and O–H groups in total. The van der Waals surface area contributed by atoms with Gasteiger partial charge < -0.3 is 9.72 Å². The van der Waals surface area contributed by atoms with Gasteiger partial charge >= 0.3 is 0 Å². The van der Waals surface area contributed by atoms with E-state index >= 15 is 0 Å². The maximum absolute atomic E-state index is 12.7. The molecule has 0 saturated carbocycles. The van der Waals surface area contributed by atoms with E-state index in [1.165, 1.54) is 27.8 Å². The third-order valence-corrected chi connectivity index (χ3v) is 7.47. The zero-order valence-electron chi connectivity index (χ0n) is 17.4. The van der Waals surface area contributed by atoms with Crippen molar-refractivity contribution in [2.24, 2.45) is 5.92 Å². The van der Waals surface area contributed by atoms with Crippen LogP contribution in [-0.4, -0.2) is 25.1 Å². The number of thioether (sulfide) groups is 1. The molecule has 0 unspecified atom stereocenters. The number of aromatic nitrogens is 5. The van der Waals surface area contributed by atoms with Gasteiger partial charge in [0.25, 0.3) is 5.56 Å². The zero-order valence-corrected chi connectivity index (χ0v) is 19.0. The number of hydrogen-bond donors (Lipinski definition) is 2. The highest BCUT2D eigenvalue weighted by molar-refractivity contribution is 7.98. The van der Waals surface area contributed by atoms with Crippen LogP contribution in [0, 0.1) is 12.8 Å². The highest BCUT2D eigenvalue weighted by Crippen LogP contribution is 2.35. The van der Waals surface area contributed by atoms with Crippen molar-refractivity contribution in [2.75, 3.05) is 0 Å². The number of rotatable bonds is 6. The average molecular weight is 454 g/mol. The molecule has 3 heterocycles. The Hall–Kier alpha value is -2.65. The zero-order chi connectivity index (χ0) is 21.4. The lowest BCUT2D eigenvalue weighted by Crippen LogP contribution is -2.14. The fraction of sp³-hybridized carbons (Fsp3) is 0.364. The molecule has 7 nitrogen and oxygen atoms in total. The van der Waals surface area contributed by atoms with Gasteiger partial charge in [0.15, 0.2) is 5.82 Å². The van der Waals surface area contributed by atoms with Gasteiger partial charge in [0.1, 0.15) is 23.0 Å². The van der Waals surface area contributed by atoms with Crippen LogP contribution >= 0.6 is 23.1 Å². The number of aryl methyl sites for hydroxylation is 2. The van der Waals surface area contributed by atoms with Crippen molar-refractivity contribution in [3.05, 3.63) is 62.3 Å². The van der Waals surface area contributed by atoms with Crippen LogP contribution in [0.2, 0.25) is 0 Å². The first-order valence-corrected chi connectivity index (χ1v) is 12.1. The third kappa shape index (κ3) is 4.38. The SMILES string of the molecule is Cc1ccc(OCc2nc(SCc3nc4sc5c(c4c(=O)[nH]3)CC[C@H](C)C5)n[nH]2)cc1. The predicted molar refractivity (Wildman–Crippen MR) is 123 cm³/mol. The minimum atomic E-state index is -0.0326. The molecule has 0 radical (unpaired) electrons. The van der Waals surface area contributed by atoms with Crippen molar-refractivity contribution in [3.8, 4) is 5.75 Å². The van der Waals surface area contributed by atoms with Gasteiger partial charge in [-0.15, -0.1) is 16.4 Å². The maximum atomic E-state index is 12.7. The Morgan fingerprint density at radius 2 is 2.06 bits per heavy atom. The Kier molecular flexibility index (Phi) is 5.54. The summed E-state index contributed by atoms with van der Waals surface area (Å²) in [6, 6.07) is 7.88. The van der Waals surface area contributed by atoms with Crippen molar-refractivity contribution in [3.63, 3.8) is 0 Å². The number of hydrogen-bond acceptors (Lipinski definition) is 7. The summed E-state index contributed by atoms with van der Waals surface area (Å²) >= 11 is 3.10. The van der Waals surface area contributed by atoms with Gasteiger partial charge in [0, 0.05) is 4.88 Å². The van der Waals surface area contributed by atoms with Crippen molar-refractivity contribution >= 4 is 33.3 Å². The molecule has 0 saturated heterocycles. The summed E-state index contributed by atoms with van der Waals surface area (Å²) in [6.45, 7) is 4.62. The second kappa shape index (κ2) is 8.47. The first-order valence-electron chi connectivity index (χ1n) is 10.3. The van der Waals surface area contributed by atoms with Gasteiger partial charge in [-0.25, -0.2) is 9.97 Å². The molecule has 0 aliphatic heterocycles. The molecule has 0 bridgehead atoms. The number of benzene rings is 1. The number of nitrogens with zero attached hydrogens (tertiary/aromatic N) is 3. The van der Waals surface area contributed by atoms with E-state index in [9.17, 15) is 4.79 Å². The molecule has 9 heteroatoms. The normalized spacial score (nSPS) is 15.9. The third-order valence-electron chi connectivity index (χ3n) is 5.46. The molecule has 1 aliphatic rings. The van der Waals surface area contributed by atoms with Gasteiger partial charge in [-0.2, -0.15) is 0 Å². The fourth-order valence-electron chi connectivity index (χ4n) is 3.79. The summed E-state index contributed by atoms with van der Waals surface area (Å²) < 4.78 is 5.73. The maximum Gasteiger partial charge on any atom is 0.259 e. The van der Waals surface area contributed by atoms with Crippen molar-refractivity contribution in [1.29, 1.82) is 0 Å². The van der Waals surface area contributed by atoms with Crippen LogP contribution in [-0.2, 0) is 25.2 Å². The molecule has 1 aromatic carbocycles. The van der Waals surface area contributed by atoms with Crippen LogP contribution in [0.4, 0.5) is 0 Å². The van der Waals surface area contributed by atoms with Crippen LogP contribution in [0.15, 0.2) is 34.2 Å². The van der Waals surface area contributed by atoms with Gasteiger partial charge in [-0.05, 0) is 49.8 Å². The highest BCUT2D eigenvalue weighted by Gasteiger charge is 2.23. The number of thiophene rings is 1. The smallest absolute Gasteiger partial charge is 0.259 e. The van der Waals surface area contributed by atoms with E-state index in [0.29, 0.717) is 35.1 Å². The van der Waals surface area contributed by atoms with Gasteiger partial charge in [-0.1, -0.05) is 36.4 Å². The van der Waals surface area contributed by atoms with Gasteiger partial charge in [-0.3, -0.25) is 9.89 Å². The van der Waals surface area contributed by atoms with Crippen molar-refractivity contribution < 1.29 is 4.74 Å². The largest absolute Gasteiger partial charge is 0.486 e. The molecule has 5 rings (SSSR count). The summed E-state index contributed by atoms with van der Waals surface area (Å²) in [7, 11) is 0. The van der Waals surface area contributed by atoms with Crippen LogP contribution in [0.25, 0.3) is 10.2 Å². The topological polar surface area (TPSA) is 96.6 Å². The van der Waals surface area contributed by atoms with Gasteiger partial charge in [0.05, 0.1) is 11.1 Å². The summed E-state index contributed by atoms with van der Waals surface area (Å²) in [5.41, 5.74) is 2.36. The fourth-order valence-corrected chi connectivity index (χ4v) is 5.88. The molecule has 0 amide bonds. The van der Waals surface area contributed by atoms with E-state index in [0.717, 1.165) is 35.2 Å². The molecule has 1 atom stereocenters. The molecule has 1 aliphatic carbocycles. The van der Waals surface area contributed by atoms with E-state index in [1.54, 1.807) is 11.3 Å². The molecular formula is C22H23N5O2S2. The minimum absolute atomic E-state index is 0.0326. The molecule has 31 heavy (non-hydrogen) atoms. The lowest BCUT2D eigenvalue weighted by Gasteiger charge is -2.17. The van der Waals surface area contributed by atoms with Crippen molar-refractivity contribution in [2.45, 2.75) is 50.6 Å². The Morgan fingerprint density at radius 1 is 1.23 bits per heavy atom. The van der Waals surface area contributed by atoms with Crippen molar-refractivity contribution in [1.82, 2.24) is 25.1 Å². The minimum Gasteiger partial charge on any atom is -0.486 e. The first kappa shape index (κ1) is 20.3. The van der Waals surface area contributed by atoms with E-state index in [-0.39, 0.29) is 5.56 Å². The number of aromatic amines is 2. The number of ether oxygens (including phenoxy) is 1. The summed E-state index contributed by atoms with van der Waals surface area (Å²) in [5, 5.41) is 8.53. The summed E-state index contributed by atoms with van der Waals surface area (Å²) in [6.07, 6.45) is 3.15. The van der Waals surface area contributed by atoms with Crippen LogP contribution < -0.4 is 10.3 Å². The summed E-state index contributed by atoms with van der Waals surface area (Å²) in [5.74, 6) is 3.26. The predicted octanol–water partition coefficient (Wildman–Crippen LogP) is 4.41. The molecule has 4 aromatic rings. The molecule has 3 aromatic heterocycles. The standard InChI is InChI=1S/C22H23N5O2S2/c1-12-3-6-14(7-4-12)29-10-17-25-22(27-26-17)30-11-18-23-20(28)19-15-8-5-13(2)9-16(15)31-21(19)24-18/h3-4,6-7,13H,5,8-11H2,1-2H3,(H,23,24,28)(H,25,26,27)/t13-/m0/s1. The van der Waals surface area contributed by atoms with Crippen LogP contribution in [0.5, 0.6) is 5.75 Å². The highest BCUT2D eigenvalue weighted by atomic mass is 32.2. The Labute approximate surface area is 187 Å². The Bertz CT molecular complexity index is 1280. The molecular weight excluding hydrogens is 430 g/mol. The van der Waals surface area contributed by atoms with E-state index in [1.807, 2.05) is 31.2 Å². The summed E-state index contributed by atoms with van der Waals surface area (Å²) in [4.78, 5) is 27.0. The van der Waals surface area contributed by atoms with E-state index in [4.69, 9.17) is 9.72 Å². The monoisotopic (exact) mass is 453 g/mol. The second-order valence-corrected chi connectivity index (χ2v) is 10.0. The molecule has 0 fully saturated rings. The van der Waals surface area contributed by atoms with E-state index in [2.05, 4.69) is 27.1 Å². The number of nitrogens with one attached hydrogen (secondary N) is 2. The first-order chi connectivity index (χ1) is 15.0. The van der Waals surface area contributed by atoms with Crippen LogP contribution in [0.3, 0.4) is 0 Å². The molecule has 0 spiro atoms. The quantitative estimate of drug-likeness (QED) is 0.420. The lowest BCUT2D eigenvalue weighted by molar-refractivity contribution is 0.296. The lowest BCUT2D eigenvalue weighted by atomic mass is 9.89. The number of H-pyrrole nitrogens is 2.